The highest BCUT2D eigenvalue weighted by Crippen LogP contribution is 2.15. The van der Waals surface area contributed by atoms with Crippen molar-refractivity contribution in [2.45, 2.75) is 77.0 Å². The Morgan fingerprint density at radius 3 is 0.533 bits per heavy atom. The third-order valence-corrected chi connectivity index (χ3v) is 3.00. The number of alkyl halides is 2. The molecule has 0 N–H and O–H groups in total. The van der Waals surface area contributed by atoms with Crippen LogP contribution in [0, 0.1) is 0 Å². The predicted octanol–water partition coefficient (Wildman–Crippen LogP) is 6.10. The van der Waals surface area contributed by atoms with Crippen LogP contribution in [0.2, 0.25) is 0 Å². The van der Waals surface area contributed by atoms with Gasteiger partial charge in [-0.25, -0.2) is 0 Å². The molecule has 0 atom stereocenters. The third-order valence-electron chi connectivity index (χ3n) is 3.00. The first kappa shape index (κ1) is 15.6. The van der Waals surface area contributed by atoms with Gasteiger partial charge in [-0.05, 0) is 0 Å². The average Bonchev–Trinajstić information content (AvgIpc) is 2.35. The minimum absolute atomic E-state index is 0.194. The minimum Gasteiger partial charge on any atom is -0.109 e. The molecule has 0 aromatic rings. The van der Waals surface area contributed by atoms with Crippen molar-refractivity contribution in [1.82, 2.24) is 0 Å². The van der Waals surface area contributed by atoms with Crippen molar-refractivity contribution in [3.63, 3.8) is 0 Å². The van der Waals surface area contributed by atoms with Gasteiger partial charge in [0, 0.05) is 0 Å². The van der Waals surface area contributed by atoms with E-state index >= 15 is 0 Å². The van der Waals surface area contributed by atoms with Crippen LogP contribution in [0.4, 0.5) is 0 Å². The highest BCUT2D eigenvalue weighted by atomic mass is 35.5. The summed E-state index contributed by atoms with van der Waals surface area (Å²) in [5.74, 6) is 0. The van der Waals surface area contributed by atoms with E-state index in [-0.39, 0.29) is 5.34 Å². The van der Waals surface area contributed by atoms with Crippen LogP contribution in [0.15, 0.2) is 0 Å². The predicted molar refractivity (Wildman–Crippen MR) is 72.0 cm³/mol. The smallest absolute Gasteiger partial charge is 0.0967 e. The molecule has 0 spiro atoms. The zero-order valence-electron chi connectivity index (χ0n) is 9.95. The topological polar surface area (TPSA) is 0 Å². The second-order valence-corrected chi connectivity index (χ2v) is 5.15. The maximum absolute atomic E-state index is 4.76. The summed E-state index contributed by atoms with van der Waals surface area (Å²) in [6.07, 6.45) is 18.0. The fraction of sp³-hybridized carbons (Fsp3) is 1.00. The van der Waals surface area contributed by atoms with Crippen molar-refractivity contribution in [2.75, 3.05) is 5.34 Å². The Hall–Kier alpha value is 0.580. The maximum Gasteiger partial charge on any atom is 0.0967 e. The Kier molecular flexibility index (Phi) is 15.1. The van der Waals surface area contributed by atoms with E-state index in [0.29, 0.717) is 0 Å². The van der Waals surface area contributed by atoms with E-state index in [9.17, 15) is 0 Å². The van der Waals surface area contributed by atoms with E-state index in [1.807, 2.05) is 0 Å². The molecule has 2 saturated carbocycles. The molecular weight excluding hydrogens is 227 g/mol. The van der Waals surface area contributed by atoms with E-state index in [1.54, 1.807) is 0 Å². The second-order valence-electron chi connectivity index (χ2n) is 4.34. The van der Waals surface area contributed by atoms with Crippen LogP contribution in [-0.2, 0) is 0 Å². The van der Waals surface area contributed by atoms with Crippen LogP contribution >= 0.6 is 23.2 Å². The Morgan fingerprint density at radius 1 is 0.400 bits per heavy atom. The number of hydrogen-bond donors (Lipinski definition) is 0. The molecule has 0 aromatic carbocycles. The lowest BCUT2D eigenvalue weighted by atomic mass is 10.0. The quantitative estimate of drug-likeness (QED) is 0.457. The summed E-state index contributed by atoms with van der Waals surface area (Å²) in [6.45, 7) is 0. The van der Waals surface area contributed by atoms with E-state index < -0.39 is 0 Å². The molecule has 2 fully saturated rings. The average molecular weight is 253 g/mol. The summed E-state index contributed by atoms with van der Waals surface area (Å²) in [4.78, 5) is 0. The van der Waals surface area contributed by atoms with Gasteiger partial charge in [0.25, 0.3) is 0 Å². The fourth-order valence-corrected chi connectivity index (χ4v) is 2.12. The van der Waals surface area contributed by atoms with E-state index in [2.05, 4.69) is 0 Å². The molecule has 0 unspecified atom stereocenters. The molecule has 2 aliphatic carbocycles. The van der Waals surface area contributed by atoms with Crippen molar-refractivity contribution in [2.24, 2.45) is 0 Å². The highest BCUT2D eigenvalue weighted by Gasteiger charge is 1.96. The van der Waals surface area contributed by atoms with Gasteiger partial charge in [0.15, 0.2) is 0 Å². The van der Waals surface area contributed by atoms with Gasteiger partial charge >= 0.3 is 0 Å². The van der Waals surface area contributed by atoms with Gasteiger partial charge in [0.05, 0.1) is 5.34 Å². The molecule has 92 valence electrons. The molecule has 0 radical (unpaired) electrons. The molecule has 0 nitrogen and oxygen atoms in total. The van der Waals surface area contributed by atoms with E-state index in [1.165, 1.54) is 77.0 Å². The van der Waals surface area contributed by atoms with Crippen molar-refractivity contribution in [1.29, 1.82) is 0 Å². The summed E-state index contributed by atoms with van der Waals surface area (Å²) < 4.78 is 0. The Labute approximate surface area is 106 Å². The molecule has 0 saturated heterocycles. The van der Waals surface area contributed by atoms with Gasteiger partial charge < -0.3 is 0 Å². The summed E-state index contributed by atoms with van der Waals surface area (Å²) in [7, 11) is 0. The molecule has 0 amide bonds. The van der Waals surface area contributed by atoms with Crippen LogP contribution < -0.4 is 0 Å². The number of hydrogen-bond acceptors (Lipinski definition) is 0. The normalized spacial score (nSPS) is 20.4. The van der Waals surface area contributed by atoms with E-state index in [4.69, 9.17) is 23.2 Å². The highest BCUT2D eigenvalue weighted by molar-refractivity contribution is 6.40. The first-order chi connectivity index (χ1) is 7.41. The van der Waals surface area contributed by atoms with Crippen LogP contribution in [0.5, 0.6) is 0 Å². The van der Waals surface area contributed by atoms with Gasteiger partial charge in [-0.15, -0.1) is 23.2 Å². The Balaban J connectivity index is 0.000000210. The number of halogens is 2. The van der Waals surface area contributed by atoms with E-state index in [0.717, 1.165) is 0 Å². The summed E-state index contributed by atoms with van der Waals surface area (Å²) in [5, 5.41) is 0.194. The molecule has 15 heavy (non-hydrogen) atoms. The van der Waals surface area contributed by atoms with Crippen molar-refractivity contribution < 1.29 is 0 Å². The molecule has 0 heterocycles. The van der Waals surface area contributed by atoms with Crippen molar-refractivity contribution >= 4 is 23.2 Å². The molecule has 0 aromatic heterocycles. The molecule has 2 rings (SSSR count). The van der Waals surface area contributed by atoms with Crippen LogP contribution in [0.3, 0.4) is 0 Å². The Morgan fingerprint density at radius 2 is 0.467 bits per heavy atom. The fourth-order valence-electron chi connectivity index (χ4n) is 2.12. The zero-order valence-corrected chi connectivity index (χ0v) is 11.5. The minimum atomic E-state index is 0.194. The molecule has 0 bridgehead atoms. The molecule has 2 aliphatic rings. The third kappa shape index (κ3) is 14.6. The second kappa shape index (κ2) is 14.6. The standard InChI is InChI=1S/2C6H12.CH2Cl2/c2*1-2-4-6-5-3-1;2-1-3/h2*1-6H2;1H2. The van der Waals surface area contributed by atoms with Crippen LogP contribution in [0.1, 0.15) is 77.0 Å². The molecule has 2 heteroatoms. The SMILES string of the molecule is C1CCCCC1.C1CCCCC1.ClCCl. The molecular formula is C13H26Cl2. The molecule has 0 aliphatic heterocycles. The summed E-state index contributed by atoms with van der Waals surface area (Å²) >= 11 is 9.53. The Bertz CT molecular complexity index is 61.7. The van der Waals surface area contributed by atoms with Gasteiger partial charge in [-0.1, -0.05) is 77.0 Å². The van der Waals surface area contributed by atoms with Gasteiger partial charge in [0.2, 0.25) is 0 Å². The largest absolute Gasteiger partial charge is 0.109 e. The lowest BCUT2D eigenvalue weighted by molar-refractivity contribution is 0.504. The summed E-state index contributed by atoms with van der Waals surface area (Å²) in [6, 6.07) is 0. The van der Waals surface area contributed by atoms with Crippen molar-refractivity contribution in [3.8, 4) is 0 Å². The first-order valence-corrected chi connectivity index (χ1v) is 7.60. The summed E-state index contributed by atoms with van der Waals surface area (Å²) in [5.41, 5.74) is 0. The number of rotatable bonds is 0. The maximum atomic E-state index is 4.76. The first-order valence-electron chi connectivity index (χ1n) is 6.53. The van der Waals surface area contributed by atoms with Gasteiger partial charge in [-0.3, -0.25) is 0 Å². The zero-order chi connectivity index (χ0) is 11.2. The monoisotopic (exact) mass is 252 g/mol. The van der Waals surface area contributed by atoms with Crippen LogP contribution in [-0.4, -0.2) is 5.34 Å². The van der Waals surface area contributed by atoms with Crippen molar-refractivity contribution in [3.05, 3.63) is 0 Å². The lowest BCUT2D eigenvalue weighted by Crippen LogP contribution is -1.85. The van der Waals surface area contributed by atoms with Gasteiger partial charge in [-0.2, -0.15) is 0 Å². The van der Waals surface area contributed by atoms with Crippen LogP contribution in [0.25, 0.3) is 0 Å². The van der Waals surface area contributed by atoms with Gasteiger partial charge in [0.1, 0.15) is 0 Å². The lowest BCUT2D eigenvalue weighted by Gasteiger charge is -2.05.